The second-order valence-corrected chi connectivity index (χ2v) is 5.07. The van der Waals surface area contributed by atoms with Crippen molar-refractivity contribution in [2.45, 2.75) is 19.1 Å². The molecule has 124 valence electrons. The summed E-state index contributed by atoms with van der Waals surface area (Å²) in [5.74, 6) is -3.51. The van der Waals surface area contributed by atoms with Crippen molar-refractivity contribution in [1.82, 2.24) is 10.2 Å². The normalized spacial score (nSPS) is 20.2. The van der Waals surface area contributed by atoms with E-state index in [2.05, 4.69) is 5.32 Å². The Morgan fingerprint density at radius 2 is 2.09 bits per heavy atom. The van der Waals surface area contributed by atoms with Crippen LogP contribution in [0, 0.1) is 11.7 Å². The molecule has 1 aromatic rings. The summed E-state index contributed by atoms with van der Waals surface area (Å²) in [6, 6.07) is 5.00. The molecule has 0 aromatic heterocycles. The van der Waals surface area contributed by atoms with Crippen molar-refractivity contribution < 1.29 is 22.4 Å². The lowest BCUT2D eigenvalue weighted by Crippen LogP contribution is -2.52. The molecule has 2 unspecified atom stereocenters. The Hall–Kier alpha value is -1.34. The Morgan fingerprint density at radius 1 is 1.41 bits per heavy atom. The molecule has 0 aliphatic carbocycles. The molecule has 22 heavy (non-hydrogen) atoms. The Kier molecular flexibility index (Phi) is 6.19. The third-order valence-corrected chi connectivity index (χ3v) is 3.62. The van der Waals surface area contributed by atoms with Crippen LogP contribution in [0.3, 0.4) is 0 Å². The highest BCUT2D eigenvalue weighted by atomic mass is 35.5. The minimum atomic E-state index is -4.57. The van der Waals surface area contributed by atoms with Gasteiger partial charge in [0, 0.05) is 19.6 Å². The van der Waals surface area contributed by atoms with Gasteiger partial charge in [0.15, 0.2) is 0 Å². The molecule has 1 aromatic carbocycles. The second kappa shape index (κ2) is 7.28. The second-order valence-electron chi connectivity index (χ2n) is 5.07. The van der Waals surface area contributed by atoms with Gasteiger partial charge in [0.1, 0.15) is 11.7 Å². The summed E-state index contributed by atoms with van der Waals surface area (Å²) in [5, 5.41) is 3.02. The summed E-state index contributed by atoms with van der Waals surface area (Å²) >= 11 is 0. The number of benzene rings is 1. The standard InChI is InChI=1S/C14H16F4N2O.ClH/c1-9(14(16,17)18)13(21)20-6-5-19-8-12(20)10-3-2-4-11(15)7-10;/h2-4,7,9,12,19H,5-6,8H2,1H3;1H. The van der Waals surface area contributed by atoms with Gasteiger partial charge >= 0.3 is 6.18 Å². The first-order chi connectivity index (χ1) is 9.80. The first kappa shape index (κ1) is 18.7. The molecule has 3 nitrogen and oxygen atoms in total. The third-order valence-electron chi connectivity index (χ3n) is 3.62. The van der Waals surface area contributed by atoms with Crippen molar-refractivity contribution in [3.63, 3.8) is 0 Å². The van der Waals surface area contributed by atoms with E-state index >= 15 is 0 Å². The number of alkyl halides is 3. The minimum Gasteiger partial charge on any atom is -0.333 e. The molecule has 1 saturated heterocycles. The zero-order valence-corrected chi connectivity index (χ0v) is 12.7. The van der Waals surface area contributed by atoms with Gasteiger partial charge in [-0.25, -0.2) is 4.39 Å². The number of hydrogen-bond acceptors (Lipinski definition) is 2. The number of nitrogens with zero attached hydrogens (tertiary/aromatic N) is 1. The highest BCUT2D eigenvalue weighted by Crippen LogP contribution is 2.31. The van der Waals surface area contributed by atoms with E-state index in [1.54, 1.807) is 6.07 Å². The topological polar surface area (TPSA) is 32.3 Å². The van der Waals surface area contributed by atoms with Crippen LogP contribution in [0.5, 0.6) is 0 Å². The molecule has 8 heteroatoms. The molecule has 1 aliphatic heterocycles. The number of rotatable bonds is 2. The van der Waals surface area contributed by atoms with E-state index < -0.39 is 29.9 Å². The number of carbonyl (C=O) groups is 1. The zero-order chi connectivity index (χ0) is 15.6. The quantitative estimate of drug-likeness (QED) is 0.840. The monoisotopic (exact) mass is 340 g/mol. The molecule has 1 heterocycles. The lowest BCUT2D eigenvalue weighted by atomic mass is 10.0. The van der Waals surface area contributed by atoms with Crippen molar-refractivity contribution >= 4 is 18.3 Å². The van der Waals surface area contributed by atoms with Crippen LogP contribution in [0.25, 0.3) is 0 Å². The maximum Gasteiger partial charge on any atom is 0.400 e. The van der Waals surface area contributed by atoms with Crippen molar-refractivity contribution in [2.24, 2.45) is 5.92 Å². The smallest absolute Gasteiger partial charge is 0.333 e. The fraction of sp³-hybridized carbons (Fsp3) is 0.500. The molecule has 0 saturated carbocycles. The number of carbonyl (C=O) groups excluding carboxylic acids is 1. The first-order valence-corrected chi connectivity index (χ1v) is 6.64. The molecule has 0 bridgehead atoms. The van der Waals surface area contributed by atoms with E-state index in [0.29, 0.717) is 18.7 Å². The van der Waals surface area contributed by atoms with Crippen LogP contribution < -0.4 is 5.32 Å². The summed E-state index contributed by atoms with van der Waals surface area (Å²) in [6.07, 6.45) is -4.57. The first-order valence-electron chi connectivity index (χ1n) is 6.64. The average molecular weight is 341 g/mol. The van der Waals surface area contributed by atoms with Gasteiger partial charge in [-0.15, -0.1) is 12.4 Å². The maximum absolute atomic E-state index is 13.3. The van der Waals surface area contributed by atoms with Crippen LogP contribution in [-0.4, -0.2) is 36.6 Å². The molecule has 1 N–H and O–H groups in total. The fourth-order valence-corrected chi connectivity index (χ4v) is 2.37. The number of halogens is 5. The number of piperazine rings is 1. The van der Waals surface area contributed by atoms with E-state index in [1.807, 2.05) is 0 Å². The highest BCUT2D eigenvalue weighted by Gasteiger charge is 2.44. The molecule has 1 amide bonds. The van der Waals surface area contributed by atoms with Crippen molar-refractivity contribution in [3.05, 3.63) is 35.6 Å². The third kappa shape index (κ3) is 4.10. The van der Waals surface area contributed by atoms with Crippen LogP contribution in [0.1, 0.15) is 18.5 Å². The molecule has 2 rings (SSSR count). The van der Waals surface area contributed by atoms with E-state index in [-0.39, 0.29) is 19.0 Å². The predicted octanol–water partition coefficient (Wildman–Crippen LogP) is 2.92. The van der Waals surface area contributed by atoms with Gasteiger partial charge in [-0.3, -0.25) is 4.79 Å². The minimum absolute atomic E-state index is 0. The van der Waals surface area contributed by atoms with Gasteiger partial charge in [0.05, 0.1) is 6.04 Å². The summed E-state index contributed by atoms with van der Waals surface area (Å²) in [5.41, 5.74) is 0.491. The van der Waals surface area contributed by atoms with Crippen molar-refractivity contribution in [3.8, 4) is 0 Å². The summed E-state index contributed by atoms with van der Waals surface area (Å²) in [7, 11) is 0. The molecule has 2 atom stereocenters. The number of amides is 1. The Bertz CT molecular complexity index is 524. The Balaban J connectivity index is 0.00000242. The van der Waals surface area contributed by atoms with Crippen LogP contribution in [-0.2, 0) is 4.79 Å². The predicted molar refractivity (Wildman–Crippen MR) is 76.2 cm³/mol. The summed E-state index contributed by atoms with van der Waals surface area (Å²) in [6.45, 7) is 1.75. The average Bonchev–Trinajstić information content (AvgIpc) is 2.45. The highest BCUT2D eigenvalue weighted by molar-refractivity contribution is 5.85. The van der Waals surface area contributed by atoms with Gasteiger partial charge < -0.3 is 10.2 Å². The molecular weight excluding hydrogens is 324 g/mol. The fourth-order valence-electron chi connectivity index (χ4n) is 2.37. The Morgan fingerprint density at radius 3 is 2.68 bits per heavy atom. The van der Waals surface area contributed by atoms with Crippen LogP contribution in [0.4, 0.5) is 17.6 Å². The van der Waals surface area contributed by atoms with Crippen LogP contribution in [0.2, 0.25) is 0 Å². The lowest BCUT2D eigenvalue weighted by Gasteiger charge is -2.38. The van der Waals surface area contributed by atoms with Gasteiger partial charge in [0.2, 0.25) is 5.91 Å². The molecular formula is C14H17ClF4N2O. The van der Waals surface area contributed by atoms with E-state index in [1.165, 1.54) is 23.1 Å². The maximum atomic E-state index is 13.3. The number of hydrogen-bond donors (Lipinski definition) is 1. The van der Waals surface area contributed by atoms with E-state index in [9.17, 15) is 22.4 Å². The van der Waals surface area contributed by atoms with Gasteiger partial charge in [0.25, 0.3) is 0 Å². The van der Waals surface area contributed by atoms with Crippen LogP contribution in [0.15, 0.2) is 24.3 Å². The van der Waals surface area contributed by atoms with Gasteiger partial charge in [-0.1, -0.05) is 12.1 Å². The molecule has 0 radical (unpaired) electrons. The largest absolute Gasteiger partial charge is 0.400 e. The SMILES string of the molecule is CC(C(=O)N1CCNCC1c1cccc(F)c1)C(F)(F)F.Cl. The van der Waals surface area contributed by atoms with E-state index in [4.69, 9.17) is 0 Å². The van der Waals surface area contributed by atoms with Gasteiger partial charge in [-0.2, -0.15) is 13.2 Å². The van der Waals surface area contributed by atoms with E-state index in [0.717, 1.165) is 6.92 Å². The van der Waals surface area contributed by atoms with Crippen molar-refractivity contribution in [1.29, 1.82) is 0 Å². The zero-order valence-electron chi connectivity index (χ0n) is 11.9. The van der Waals surface area contributed by atoms with Crippen LogP contribution >= 0.6 is 12.4 Å². The molecule has 1 fully saturated rings. The Labute approximate surface area is 132 Å². The summed E-state index contributed by atoms with van der Waals surface area (Å²) < 4.78 is 51.5. The van der Waals surface area contributed by atoms with Crippen molar-refractivity contribution in [2.75, 3.05) is 19.6 Å². The molecule has 1 aliphatic rings. The van der Waals surface area contributed by atoms with Gasteiger partial charge in [-0.05, 0) is 24.6 Å². The lowest BCUT2D eigenvalue weighted by molar-refractivity contribution is -0.187. The summed E-state index contributed by atoms with van der Waals surface area (Å²) in [4.78, 5) is 13.3. The number of nitrogens with one attached hydrogen (secondary N) is 1. The molecule has 0 spiro atoms.